The van der Waals surface area contributed by atoms with Crippen LogP contribution in [0.2, 0.25) is 0 Å². The van der Waals surface area contributed by atoms with Crippen LogP contribution in [0.5, 0.6) is 0 Å². The summed E-state index contributed by atoms with van der Waals surface area (Å²) < 4.78 is 22.5. The number of amides is 1. The topological polar surface area (TPSA) is 96.0 Å². The Labute approximate surface area is 66.5 Å². The van der Waals surface area contributed by atoms with Crippen LogP contribution in [0, 0.1) is 0 Å². The number of carbonyl (C=O) groups excluding carboxylic acids is 1. The summed E-state index contributed by atoms with van der Waals surface area (Å²) in [5.41, 5.74) is 0. The normalized spacial score (nSPS) is 12.5. The molecule has 4 N–H and O–H groups in total. The summed E-state index contributed by atoms with van der Waals surface area (Å²) in [5.74, 6) is 0. The van der Waals surface area contributed by atoms with Crippen LogP contribution in [0.15, 0.2) is 0 Å². The second-order valence-electron chi connectivity index (χ2n) is 1.73. The van der Waals surface area contributed by atoms with Gasteiger partial charge in [-0.3, -0.25) is 9.11 Å². The molecule has 0 radical (unpaired) electrons. The van der Waals surface area contributed by atoms with Gasteiger partial charge in [-0.1, -0.05) is 11.0 Å². The monoisotopic (exact) mass is 184 g/mol. The molecule has 0 rings (SSSR count). The van der Waals surface area contributed by atoms with Crippen LogP contribution in [0.4, 0.5) is 4.79 Å². The van der Waals surface area contributed by atoms with E-state index in [-0.39, 0.29) is 6.54 Å². The summed E-state index contributed by atoms with van der Waals surface area (Å²) in [4.78, 5) is 10.7. The first-order valence-corrected chi connectivity index (χ1v) is 4.41. The van der Waals surface area contributed by atoms with Gasteiger partial charge >= 0.3 is 6.09 Å². The highest BCUT2D eigenvalue weighted by atomic mass is 32.3. The molecule has 0 saturated heterocycles. The Balaban J connectivity index is 4.29. The molecule has 0 aromatic carbocycles. The fourth-order valence-electron chi connectivity index (χ4n) is 0.531. The molecule has 0 atom stereocenters. The molecule has 0 aromatic heterocycles. The molecule has 0 fully saturated rings. The highest BCUT2D eigenvalue weighted by molar-refractivity contribution is 8.20. The Morgan fingerprint density at radius 3 is 2.27 bits per heavy atom. The molecule has 0 aromatic rings. The van der Waals surface area contributed by atoms with Crippen LogP contribution in [0.3, 0.4) is 0 Å². The Hall–Kier alpha value is -0.500. The SMILES string of the molecule is CCN(C(=O)OC)S(N)(O)O. The van der Waals surface area contributed by atoms with E-state index in [0.29, 0.717) is 4.31 Å². The number of rotatable bonds is 2. The standard InChI is InChI=1S/C4H12N2O4S/c1-3-6(4(7)10-2)11(5,8)9/h8-9H,3,5H2,1-2H3. The second-order valence-corrected chi connectivity index (χ2v) is 3.29. The quantitative estimate of drug-likeness (QED) is 0.584. The minimum atomic E-state index is -3.47. The Morgan fingerprint density at radius 2 is 2.18 bits per heavy atom. The van der Waals surface area contributed by atoms with E-state index in [0.717, 1.165) is 7.11 Å². The van der Waals surface area contributed by atoms with Crippen molar-refractivity contribution in [3.63, 3.8) is 0 Å². The molecule has 0 unspecified atom stereocenters. The molecule has 7 heteroatoms. The van der Waals surface area contributed by atoms with E-state index in [2.05, 4.69) is 4.74 Å². The summed E-state index contributed by atoms with van der Waals surface area (Å²) in [6.45, 7) is 1.64. The first-order chi connectivity index (χ1) is 4.93. The zero-order valence-corrected chi connectivity index (χ0v) is 7.17. The van der Waals surface area contributed by atoms with Crippen LogP contribution in [-0.2, 0) is 4.74 Å². The van der Waals surface area contributed by atoms with Gasteiger partial charge in [0.2, 0.25) is 0 Å². The minimum absolute atomic E-state index is 0.0888. The van der Waals surface area contributed by atoms with E-state index in [1.54, 1.807) is 6.92 Å². The molecule has 1 amide bonds. The average molecular weight is 184 g/mol. The molecule has 0 bridgehead atoms. The van der Waals surface area contributed by atoms with E-state index in [9.17, 15) is 4.79 Å². The van der Waals surface area contributed by atoms with Gasteiger partial charge < -0.3 is 4.74 Å². The molecule has 11 heavy (non-hydrogen) atoms. The van der Waals surface area contributed by atoms with E-state index < -0.39 is 17.1 Å². The van der Waals surface area contributed by atoms with Crippen LogP contribution in [-0.4, -0.2) is 33.2 Å². The highest BCUT2D eigenvalue weighted by Crippen LogP contribution is 2.33. The molecule has 0 aliphatic carbocycles. The van der Waals surface area contributed by atoms with Gasteiger partial charge in [-0.25, -0.2) is 9.93 Å². The molecule has 68 valence electrons. The smallest absolute Gasteiger partial charge is 0.429 e. The van der Waals surface area contributed by atoms with E-state index in [4.69, 9.17) is 14.2 Å². The maximum absolute atomic E-state index is 10.7. The number of ether oxygens (including phenoxy) is 1. The van der Waals surface area contributed by atoms with Crippen molar-refractivity contribution in [3.8, 4) is 0 Å². The van der Waals surface area contributed by atoms with E-state index >= 15 is 0 Å². The zero-order valence-electron chi connectivity index (χ0n) is 6.35. The number of hydrogen-bond acceptors (Lipinski definition) is 5. The van der Waals surface area contributed by atoms with Crippen molar-refractivity contribution >= 4 is 17.1 Å². The molecule has 0 heterocycles. The number of carbonyl (C=O) groups is 1. The molecule has 0 aliphatic rings. The lowest BCUT2D eigenvalue weighted by Crippen LogP contribution is -2.37. The largest absolute Gasteiger partial charge is 0.452 e. The van der Waals surface area contributed by atoms with Gasteiger partial charge in [-0.15, -0.1) is 0 Å². The molecule has 0 aliphatic heterocycles. The first-order valence-electron chi connectivity index (χ1n) is 2.85. The lowest BCUT2D eigenvalue weighted by Gasteiger charge is -2.36. The van der Waals surface area contributed by atoms with Crippen molar-refractivity contribution in [2.75, 3.05) is 13.7 Å². The summed E-state index contributed by atoms with van der Waals surface area (Å²) in [5, 5.41) is 4.89. The maximum atomic E-state index is 10.7. The van der Waals surface area contributed by atoms with Crippen molar-refractivity contribution in [2.24, 2.45) is 5.14 Å². The van der Waals surface area contributed by atoms with Crippen molar-refractivity contribution in [1.29, 1.82) is 0 Å². The van der Waals surface area contributed by atoms with Crippen LogP contribution in [0.1, 0.15) is 6.92 Å². The van der Waals surface area contributed by atoms with Crippen LogP contribution >= 0.6 is 11.0 Å². The number of nitrogens with two attached hydrogens (primary N) is 1. The van der Waals surface area contributed by atoms with Gasteiger partial charge in [0.15, 0.2) is 0 Å². The summed E-state index contributed by atoms with van der Waals surface area (Å²) in [7, 11) is -2.33. The van der Waals surface area contributed by atoms with E-state index in [1.807, 2.05) is 0 Å². The lowest BCUT2D eigenvalue weighted by molar-refractivity contribution is 0.147. The number of nitrogens with zero attached hydrogens (tertiary/aromatic N) is 1. The molecule has 6 nitrogen and oxygen atoms in total. The van der Waals surface area contributed by atoms with Gasteiger partial charge in [0.05, 0.1) is 7.11 Å². The van der Waals surface area contributed by atoms with Crippen LogP contribution in [0.25, 0.3) is 0 Å². The average Bonchev–Trinajstić information content (AvgIpc) is 1.86. The Bertz CT molecular complexity index is 146. The third kappa shape index (κ3) is 2.93. The van der Waals surface area contributed by atoms with Gasteiger partial charge in [-0.05, 0) is 6.92 Å². The predicted octanol–water partition coefficient (Wildman–Crippen LogP) is 0.614. The summed E-state index contributed by atoms with van der Waals surface area (Å²) in [6.07, 6.45) is -0.852. The lowest BCUT2D eigenvalue weighted by atomic mass is 10.8. The van der Waals surface area contributed by atoms with Gasteiger partial charge in [0.1, 0.15) is 0 Å². The predicted molar refractivity (Wildman–Crippen MR) is 41.8 cm³/mol. The molecular formula is C4H12N2O4S. The molecule has 0 spiro atoms. The fourth-order valence-corrected chi connectivity index (χ4v) is 1.20. The summed E-state index contributed by atoms with van der Waals surface area (Å²) >= 11 is 0. The third-order valence-electron chi connectivity index (χ3n) is 0.990. The Morgan fingerprint density at radius 1 is 1.73 bits per heavy atom. The van der Waals surface area contributed by atoms with Crippen molar-refractivity contribution < 1.29 is 18.6 Å². The summed E-state index contributed by atoms with van der Waals surface area (Å²) in [6, 6.07) is 0. The third-order valence-corrected chi connectivity index (χ3v) is 2.05. The number of methoxy groups -OCH3 is 1. The first kappa shape index (κ1) is 10.5. The van der Waals surface area contributed by atoms with E-state index in [1.165, 1.54) is 0 Å². The van der Waals surface area contributed by atoms with Crippen LogP contribution < -0.4 is 5.14 Å². The van der Waals surface area contributed by atoms with Crippen molar-refractivity contribution in [3.05, 3.63) is 0 Å². The zero-order chi connectivity index (χ0) is 9.07. The van der Waals surface area contributed by atoms with Gasteiger partial charge in [-0.2, -0.15) is 4.31 Å². The second kappa shape index (κ2) is 3.77. The molecular weight excluding hydrogens is 172 g/mol. The highest BCUT2D eigenvalue weighted by Gasteiger charge is 2.22. The van der Waals surface area contributed by atoms with Crippen molar-refractivity contribution in [2.45, 2.75) is 6.92 Å². The number of hydrogen-bond donors (Lipinski definition) is 3. The minimum Gasteiger partial charge on any atom is -0.452 e. The van der Waals surface area contributed by atoms with Gasteiger partial charge in [0, 0.05) is 6.54 Å². The van der Waals surface area contributed by atoms with Crippen molar-refractivity contribution in [1.82, 2.24) is 4.31 Å². The maximum Gasteiger partial charge on any atom is 0.429 e. The van der Waals surface area contributed by atoms with Gasteiger partial charge in [0.25, 0.3) is 0 Å². The molecule has 0 saturated carbocycles. The Kier molecular flexibility index (Phi) is 3.59. The fraction of sp³-hybridized carbons (Fsp3) is 0.750.